The third kappa shape index (κ3) is 3.33. The molecule has 0 aromatic heterocycles. The molecule has 2 aromatic carbocycles. The predicted molar refractivity (Wildman–Crippen MR) is 88.3 cm³/mol. The van der Waals surface area contributed by atoms with Crippen LogP contribution >= 0.6 is 11.6 Å². The first kappa shape index (κ1) is 15.8. The highest BCUT2D eigenvalue weighted by Crippen LogP contribution is 2.35. The molecule has 23 heavy (non-hydrogen) atoms. The highest BCUT2D eigenvalue weighted by Gasteiger charge is 2.35. The van der Waals surface area contributed by atoms with Crippen molar-refractivity contribution < 1.29 is 14.3 Å². The molecule has 2 aromatic rings. The van der Waals surface area contributed by atoms with E-state index in [4.69, 9.17) is 21.1 Å². The summed E-state index contributed by atoms with van der Waals surface area (Å²) in [7, 11) is 0. The summed E-state index contributed by atoms with van der Waals surface area (Å²) in [5.41, 5.74) is 1.75. The molecule has 3 rings (SSSR count). The summed E-state index contributed by atoms with van der Waals surface area (Å²) in [6, 6.07) is 15.1. The first-order valence-electron chi connectivity index (χ1n) is 7.57. The number of benzene rings is 2. The van der Waals surface area contributed by atoms with Gasteiger partial charge in [-0.2, -0.15) is 0 Å². The van der Waals surface area contributed by atoms with E-state index < -0.39 is 6.23 Å². The van der Waals surface area contributed by atoms with Gasteiger partial charge in [0.1, 0.15) is 12.4 Å². The first-order chi connectivity index (χ1) is 11.2. The van der Waals surface area contributed by atoms with Gasteiger partial charge in [-0.3, -0.25) is 4.79 Å². The Hall–Kier alpha value is -2.04. The average molecular weight is 332 g/mol. The van der Waals surface area contributed by atoms with E-state index >= 15 is 0 Å². The van der Waals surface area contributed by atoms with Gasteiger partial charge in [-0.15, -0.1) is 0 Å². The first-order valence-corrected chi connectivity index (χ1v) is 7.94. The lowest BCUT2D eigenvalue weighted by Crippen LogP contribution is -2.28. The number of carbonyl (C=O) groups excluding carboxylic acids is 1. The number of ether oxygens (including phenoxy) is 2. The number of carbonyl (C=O) groups is 1. The Bertz CT molecular complexity index is 704. The Labute approximate surface area is 140 Å². The maximum absolute atomic E-state index is 12.3. The van der Waals surface area contributed by atoms with Crippen LogP contribution in [-0.2, 0) is 16.1 Å². The summed E-state index contributed by atoms with van der Waals surface area (Å²) in [6.07, 6.45) is -0.457. The zero-order valence-corrected chi connectivity index (χ0v) is 13.6. The molecule has 0 aliphatic carbocycles. The Morgan fingerprint density at radius 2 is 1.96 bits per heavy atom. The zero-order valence-electron chi connectivity index (χ0n) is 12.9. The van der Waals surface area contributed by atoms with Crippen molar-refractivity contribution in [1.82, 2.24) is 4.90 Å². The summed E-state index contributed by atoms with van der Waals surface area (Å²) in [6.45, 7) is 2.96. The molecule has 1 fully saturated rings. The number of para-hydroxylation sites is 1. The van der Waals surface area contributed by atoms with Crippen LogP contribution in [-0.4, -0.2) is 24.0 Å². The second-order valence-electron chi connectivity index (χ2n) is 5.25. The fourth-order valence-electron chi connectivity index (χ4n) is 2.66. The van der Waals surface area contributed by atoms with Crippen LogP contribution in [0.3, 0.4) is 0 Å². The van der Waals surface area contributed by atoms with Crippen molar-refractivity contribution in [2.24, 2.45) is 0 Å². The van der Waals surface area contributed by atoms with Gasteiger partial charge in [0.25, 0.3) is 5.91 Å². The monoisotopic (exact) mass is 331 g/mol. The third-order valence-corrected chi connectivity index (χ3v) is 4.12. The van der Waals surface area contributed by atoms with E-state index in [1.165, 1.54) is 0 Å². The largest absolute Gasteiger partial charge is 0.493 e. The SMILES string of the molecule is CCOc1ccccc1C1OCC(=O)N1Cc1ccccc1Cl. The third-order valence-electron chi connectivity index (χ3n) is 3.75. The number of halogens is 1. The number of rotatable bonds is 5. The summed E-state index contributed by atoms with van der Waals surface area (Å²) < 4.78 is 11.4. The van der Waals surface area contributed by atoms with E-state index in [0.29, 0.717) is 18.2 Å². The molecule has 0 bridgehead atoms. The van der Waals surface area contributed by atoms with Crippen LogP contribution in [0.2, 0.25) is 5.02 Å². The van der Waals surface area contributed by atoms with Crippen LogP contribution < -0.4 is 4.74 Å². The van der Waals surface area contributed by atoms with E-state index in [1.807, 2.05) is 55.5 Å². The highest BCUT2D eigenvalue weighted by atomic mass is 35.5. The van der Waals surface area contributed by atoms with Gasteiger partial charge >= 0.3 is 0 Å². The van der Waals surface area contributed by atoms with Crippen LogP contribution in [0.25, 0.3) is 0 Å². The van der Waals surface area contributed by atoms with Crippen molar-refractivity contribution >= 4 is 17.5 Å². The van der Waals surface area contributed by atoms with E-state index in [2.05, 4.69) is 0 Å². The van der Waals surface area contributed by atoms with Crippen molar-refractivity contribution in [2.75, 3.05) is 13.2 Å². The predicted octanol–water partition coefficient (Wildman–Crippen LogP) is 3.80. The van der Waals surface area contributed by atoms with Gasteiger partial charge in [0, 0.05) is 10.6 Å². The summed E-state index contributed by atoms with van der Waals surface area (Å²) in [5, 5.41) is 0.643. The molecule has 1 amide bonds. The number of amides is 1. The summed E-state index contributed by atoms with van der Waals surface area (Å²) >= 11 is 6.22. The molecule has 0 spiro atoms. The quantitative estimate of drug-likeness (QED) is 0.836. The zero-order chi connectivity index (χ0) is 16.2. The van der Waals surface area contributed by atoms with Gasteiger partial charge in [0.15, 0.2) is 6.23 Å². The van der Waals surface area contributed by atoms with Crippen LogP contribution in [0.15, 0.2) is 48.5 Å². The molecular weight excluding hydrogens is 314 g/mol. The molecular formula is C18H18ClNO3. The van der Waals surface area contributed by atoms with E-state index in [-0.39, 0.29) is 12.5 Å². The van der Waals surface area contributed by atoms with Gasteiger partial charge in [0.05, 0.1) is 13.2 Å². The Morgan fingerprint density at radius 3 is 2.74 bits per heavy atom. The van der Waals surface area contributed by atoms with Crippen molar-refractivity contribution in [1.29, 1.82) is 0 Å². The molecule has 1 saturated heterocycles. The lowest BCUT2D eigenvalue weighted by molar-refractivity contribution is -0.128. The van der Waals surface area contributed by atoms with Gasteiger partial charge in [-0.25, -0.2) is 0 Å². The molecule has 5 heteroatoms. The molecule has 1 atom stereocenters. The van der Waals surface area contributed by atoms with Crippen molar-refractivity contribution in [3.05, 3.63) is 64.7 Å². The Balaban J connectivity index is 1.90. The Kier molecular flexibility index (Phi) is 4.84. The van der Waals surface area contributed by atoms with Gasteiger partial charge in [0.2, 0.25) is 0 Å². The summed E-state index contributed by atoms with van der Waals surface area (Å²) in [4.78, 5) is 14.0. The van der Waals surface area contributed by atoms with Crippen LogP contribution in [0.1, 0.15) is 24.3 Å². The number of hydrogen-bond acceptors (Lipinski definition) is 3. The minimum Gasteiger partial charge on any atom is -0.493 e. The van der Waals surface area contributed by atoms with E-state index in [0.717, 1.165) is 16.9 Å². The van der Waals surface area contributed by atoms with Gasteiger partial charge in [-0.05, 0) is 24.6 Å². The fraction of sp³-hybridized carbons (Fsp3) is 0.278. The minimum atomic E-state index is -0.457. The second-order valence-corrected chi connectivity index (χ2v) is 5.65. The standard InChI is InChI=1S/C18H18ClNO3/c1-2-22-16-10-6-4-8-14(16)18-20(17(21)12-23-18)11-13-7-3-5-9-15(13)19/h3-10,18H,2,11-12H2,1H3. The van der Waals surface area contributed by atoms with Crippen LogP contribution in [0.4, 0.5) is 0 Å². The maximum atomic E-state index is 12.3. The highest BCUT2D eigenvalue weighted by molar-refractivity contribution is 6.31. The molecule has 0 N–H and O–H groups in total. The van der Waals surface area contributed by atoms with E-state index in [9.17, 15) is 4.79 Å². The second kappa shape index (κ2) is 7.02. The molecule has 1 aliphatic rings. The lowest BCUT2D eigenvalue weighted by atomic mass is 10.1. The Morgan fingerprint density at radius 1 is 1.22 bits per heavy atom. The van der Waals surface area contributed by atoms with E-state index in [1.54, 1.807) is 4.90 Å². The molecule has 1 heterocycles. The van der Waals surface area contributed by atoms with Crippen LogP contribution in [0.5, 0.6) is 5.75 Å². The lowest BCUT2D eigenvalue weighted by Gasteiger charge is -2.25. The number of nitrogens with zero attached hydrogens (tertiary/aromatic N) is 1. The molecule has 1 unspecified atom stereocenters. The average Bonchev–Trinajstić information content (AvgIpc) is 2.91. The van der Waals surface area contributed by atoms with Crippen molar-refractivity contribution in [3.8, 4) is 5.75 Å². The number of hydrogen-bond donors (Lipinski definition) is 0. The van der Waals surface area contributed by atoms with Gasteiger partial charge in [-0.1, -0.05) is 48.0 Å². The summed E-state index contributed by atoms with van der Waals surface area (Å²) in [5.74, 6) is 0.681. The minimum absolute atomic E-state index is 0.0544. The molecule has 120 valence electrons. The molecule has 4 nitrogen and oxygen atoms in total. The molecule has 0 radical (unpaired) electrons. The topological polar surface area (TPSA) is 38.8 Å². The molecule has 0 saturated carbocycles. The fourth-order valence-corrected chi connectivity index (χ4v) is 2.86. The van der Waals surface area contributed by atoms with Crippen molar-refractivity contribution in [2.45, 2.75) is 19.7 Å². The molecule has 1 aliphatic heterocycles. The van der Waals surface area contributed by atoms with Crippen LogP contribution in [0, 0.1) is 0 Å². The maximum Gasteiger partial charge on any atom is 0.251 e. The van der Waals surface area contributed by atoms with Gasteiger partial charge < -0.3 is 14.4 Å². The normalized spacial score (nSPS) is 17.6. The smallest absolute Gasteiger partial charge is 0.251 e. The van der Waals surface area contributed by atoms with Crippen molar-refractivity contribution in [3.63, 3.8) is 0 Å².